The molecule has 9 nitrogen and oxygen atoms in total. The highest BCUT2D eigenvalue weighted by Crippen LogP contribution is 2.45. The average Bonchev–Trinajstić information content (AvgIpc) is 3.58. The number of Topliss-reactive ketones (excluding diaryl/α,β-unsaturated/α-hetero) is 1. The van der Waals surface area contributed by atoms with Crippen LogP contribution in [0.1, 0.15) is 29.7 Å². The first kappa shape index (κ1) is 30.6. The molecule has 1 N–H and O–H groups in total. The number of aromatic nitrogens is 3. The molecule has 5 rings (SSSR count). The lowest BCUT2D eigenvalue weighted by atomic mass is 9.95. The first-order chi connectivity index (χ1) is 20.8. The summed E-state index contributed by atoms with van der Waals surface area (Å²) in [7, 11) is 0. The quantitative estimate of drug-likeness (QED) is 0.0450. The van der Waals surface area contributed by atoms with Crippen LogP contribution in [0.5, 0.6) is 11.5 Å². The number of ether oxygens (including phenoxy) is 2. The second-order valence-electron chi connectivity index (χ2n) is 9.02. The highest BCUT2D eigenvalue weighted by atomic mass is 35.5. The molecule has 0 spiro atoms. The van der Waals surface area contributed by atoms with Gasteiger partial charge in [-0.05, 0) is 54.4 Å². The molecule has 1 aliphatic heterocycles. The molecule has 1 aliphatic rings. The van der Waals surface area contributed by atoms with E-state index in [2.05, 4.69) is 21.8 Å². The van der Waals surface area contributed by atoms with Crippen molar-refractivity contribution in [3.63, 3.8) is 0 Å². The average molecular weight is 656 g/mol. The summed E-state index contributed by atoms with van der Waals surface area (Å²) < 4.78 is 12.1. The predicted octanol–water partition coefficient (Wildman–Crippen LogP) is 7.12. The molecule has 0 aliphatic carbocycles. The van der Waals surface area contributed by atoms with Crippen molar-refractivity contribution >= 4 is 68.9 Å². The Labute approximate surface area is 265 Å². The van der Waals surface area contributed by atoms with Crippen LogP contribution in [0.4, 0.5) is 5.13 Å². The number of halogens is 2. The third-order valence-electron chi connectivity index (χ3n) is 6.31. The van der Waals surface area contributed by atoms with Gasteiger partial charge < -0.3 is 14.6 Å². The van der Waals surface area contributed by atoms with Gasteiger partial charge in [-0.3, -0.25) is 19.5 Å². The van der Waals surface area contributed by atoms with Crippen LogP contribution in [0.2, 0.25) is 10.0 Å². The predicted molar refractivity (Wildman–Crippen MR) is 168 cm³/mol. The van der Waals surface area contributed by atoms with Crippen LogP contribution in [0, 0.1) is 0 Å². The van der Waals surface area contributed by atoms with Crippen molar-refractivity contribution in [1.82, 2.24) is 15.2 Å². The zero-order valence-electron chi connectivity index (χ0n) is 22.7. The molecule has 1 unspecified atom stereocenters. The standard InChI is InChI=1S/C30H24Cl2N4O5S2/c1-3-13-41-22-8-6-18(14-23(22)40-4-2)25-24(26(37)17-9-11-33-12-10-17)27(38)28(39)36(25)29-34-35-30(43-29)42-16-19-5-7-20(31)15-21(19)32/h3,5-12,14-15,25,37H,1,4,13,16H2,2H3/b26-24+. The smallest absolute Gasteiger partial charge is 0.301 e. The number of carbonyl (C=O) groups is 2. The topological polar surface area (TPSA) is 115 Å². The summed E-state index contributed by atoms with van der Waals surface area (Å²) in [6, 6.07) is 12.4. The van der Waals surface area contributed by atoms with Crippen molar-refractivity contribution < 1.29 is 24.2 Å². The Bertz CT molecular complexity index is 1710. The van der Waals surface area contributed by atoms with Gasteiger partial charge in [0, 0.05) is 33.8 Å². The summed E-state index contributed by atoms with van der Waals surface area (Å²) in [6.07, 6.45) is 4.58. The van der Waals surface area contributed by atoms with Crippen molar-refractivity contribution in [2.24, 2.45) is 0 Å². The molecule has 3 heterocycles. The summed E-state index contributed by atoms with van der Waals surface area (Å²) in [5.74, 6) is -0.689. The summed E-state index contributed by atoms with van der Waals surface area (Å²) in [5, 5.41) is 21.1. The maximum Gasteiger partial charge on any atom is 0.301 e. The monoisotopic (exact) mass is 654 g/mol. The fourth-order valence-electron chi connectivity index (χ4n) is 4.38. The molecule has 1 atom stereocenters. The molecule has 1 fully saturated rings. The minimum atomic E-state index is -1.03. The van der Waals surface area contributed by atoms with E-state index in [4.69, 9.17) is 32.7 Å². The van der Waals surface area contributed by atoms with E-state index in [0.29, 0.717) is 49.4 Å². The van der Waals surface area contributed by atoms with Crippen LogP contribution in [0.15, 0.2) is 83.5 Å². The minimum Gasteiger partial charge on any atom is -0.507 e. The molecule has 2 aromatic carbocycles. The summed E-state index contributed by atoms with van der Waals surface area (Å²) in [4.78, 5) is 32.3. The third kappa shape index (κ3) is 6.54. The van der Waals surface area contributed by atoms with Crippen LogP contribution in [0.3, 0.4) is 0 Å². The largest absolute Gasteiger partial charge is 0.507 e. The Hall–Kier alpha value is -3.90. The number of aliphatic hydroxyl groups is 1. The van der Waals surface area contributed by atoms with Gasteiger partial charge in [-0.15, -0.1) is 10.2 Å². The number of ketones is 1. The second-order valence-corrected chi connectivity index (χ2v) is 12.0. The molecule has 0 saturated carbocycles. The van der Waals surface area contributed by atoms with E-state index in [1.807, 2.05) is 13.0 Å². The van der Waals surface area contributed by atoms with E-state index in [1.165, 1.54) is 29.1 Å². The molecule has 13 heteroatoms. The van der Waals surface area contributed by atoms with Crippen molar-refractivity contribution in [2.45, 2.75) is 23.1 Å². The number of rotatable bonds is 11. The Kier molecular flexibility index (Phi) is 9.66. The second kappa shape index (κ2) is 13.6. The lowest BCUT2D eigenvalue weighted by Gasteiger charge is -2.23. The van der Waals surface area contributed by atoms with E-state index in [9.17, 15) is 14.7 Å². The molecule has 43 heavy (non-hydrogen) atoms. The molecular formula is C30H24Cl2N4O5S2. The van der Waals surface area contributed by atoms with Crippen LogP contribution >= 0.6 is 46.3 Å². The molecule has 1 amide bonds. The first-order valence-electron chi connectivity index (χ1n) is 12.9. The number of nitrogens with zero attached hydrogens (tertiary/aromatic N) is 4. The number of hydrogen-bond acceptors (Lipinski definition) is 10. The highest BCUT2D eigenvalue weighted by molar-refractivity contribution is 8.00. The van der Waals surface area contributed by atoms with Gasteiger partial charge >= 0.3 is 5.91 Å². The van der Waals surface area contributed by atoms with Crippen molar-refractivity contribution in [3.05, 3.63) is 106 Å². The maximum absolute atomic E-state index is 13.6. The van der Waals surface area contributed by atoms with E-state index >= 15 is 0 Å². The normalized spacial score (nSPS) is 16.0. The van der Waals surface area contributed by atoms with Gasteiger partial charge in [0.15, 0.2) is 15.8 Å². The van der Waals surface area contributed by atoms with Gasteiger partial charge in [0.05, 0.1) is 18.2 Å². The fraction of sp³-hybridized carbons (Fsp3) is 0.167. The van der Waals surface area contributed by atoms with Crippen molar-refractivity contribution in [1.29, 1.82) is 0 Å². The number of thioether (sulfide) groups is 1. The van der Waals surface area contributed by atoms with Crippen molar-refractivity contribution in [2.75, 3.05) is 18.1 Å². The molecule has 0 bridgehead atoms. The number of aliphatic hydroxyl groups excluding tert-OH is 1. The Morgan fingerprint density at radius 2 is 1.88 bits per heavy atom. The van der Waals surface area contributed by atoms with Crippen LogP contribution < -0.4 is 14.4 Å². The molecule has 220 valence electrons. The van der Waals surface area contributed by atoms with Gasteiger partial charge in [-0.2, -0.15) is 0 Å². The van der Waals surface area contributed by atoms with Crippen molar-refractivity contribution in [3.8, 4) is 11.5 Å². The van der Waals surface area contributed by atoms with E-state index in [0.717, 1.165) is 16.9 Å². The molecular weight excluding hydrogens is 631 g/mol. The Morgan fingerprint density at radius 1 is 1.09 bits per heavy atom. The molecule has 0 radical (unpaired) electrons. The maximum atomic E-state index is 13.6. The first-order valence-corrected chi connectivity index (χ1v) is 15.5. The lowest BCUT2D eigenvalue weighted by Crippen LogP contribution is -2.29. The van der Waals surface area contributed by atoms with Crippen LogP contribution in [0.25, 0.3) is 5.76 Å². The zero-order chi connectivity index (χ0) is 30.5. The lowest BCUT2D eigenvalue weighted by molar-refractivity contribution is -0.132. The summed E-state index contributed by atoms with van der Waals surface area (Å²) >= 11 is 14.9. The van der Waals surface area contributed by atoms with Gasteiger partial charge in [-0.25, -0.2) is 0 Å². The third-order valence-corrected chi connectivity index (χ3v) is 9.00. The number of benzene rings is 2. The summed E-state index contributed by atoms with van der Waals surface area (Å²) in [6.45, 7) is 6.11. The highest BCUT2D eigenvalue weighted by Gasteiger charge is 2.48. The molecule has 4 aromatic rings. The number of carbonyl (C=O) groups excluding carboxylic acids is 2. The minimum absolute atomic E-state index is 0.101. The number of hydrogen-bond donors (Lipinski definition) is 1. The van der Waals surface area contributed by atoms with E-state index in [1.54, 1.807) is 48.5 Å². The zero-order valence-corrected chi connectivity index (χ0v) is 25.8. The Morgan fingerprint density at radius 3 is 2.60 bits per heavy atom. The van der Waals surface area contributed by atoms with Gasteiger partial charge in [-0.1, -0.05) is 71.1 Å². The number of anilines is 1. The van der Waals surface area contributed by atoms with Crippen LogP contribution in [-0.4, -0.2) is 45.2 Å². The SMILES string of the molecule is C=CCOc1ccc(C2/C(=C(\O)c3ccncc3)C(=O)C(=O)N2c2nnc(SCc3ccc(Cl)cc3Cl)s2)cc1OCC. The van der Waals surface area contributed by atoms with Gasteiger partial charge in [0.1, 0.15) is 12.4 Å². The van der Waals surface area contributed by atoms with E-state index < -0.39 is 17.7 Å². The molecule has 2 aromatic heterocycles. The number of amides is 1. The van der Waals surface area contributed by atoms with Gasteiger partial charge in [0.25, 0.3) is 5.78 Å². The van der Waals surface area contributed by atoms with Crippen LogP contribution in [-0.2, 0) is 15.3 Å². The summed E-state index contributed by atoms with van der Waals surface area (Å²) in [5.41, 5.74) is 1.59. The number of pyridine rings is 1. The molecule has 1 saturated heterocycles. The Balaban J connectivity index is 1.56. The fourth-order valence-corrected chi connectivity index (χ4v) is 6.80. The van der Waals surface area contributed by atoms with E-state index in [-0.39, 0.29) is 23.1 Å². The van der Waals surface area contributed by atoms with Gasteiger partial charge in [0.2, 0.25) is 5.13 Å².